The number of thiophene rings is 1. The Morgan fingerprint density at radius 3 is 2.95 bits per heavy atom. The van der Waals surface area contributed by atoms with Crippen molar-refractivity contribution in [3.63, 3.8) is 0 Å². The number of rotatable bonds is 5. The number of halogens is 1. The summed E-state index contributed by atoms with van der Waals surface area (Å²) in [6.45, 7) is 6.85. The molecule has 3 nitrogen and oxygen atoms in total. The van der Waals surface area contributed by atoms with E-state index >= 15 is 0 Å². The number of carbonyl (C=O) groups is 1. The molecule has 2 unspecified atom stereocenters. The highest BCUT2D eigenvalue weighted by molar-refractivity contribution is 7.16. The molecule has 20 heavy (non-hydrogen) atoms. The average Bonchev–Trinajstić information content (AvgIpc) is 2.77. The third-order valence-electron chi connectivity index (χ3n) is 3.61. The molecular weight excluding hydrogens is 292 g/mol. The Morgan fingerprint density at radius 1 is 1.50 bits per heavy atom. The summed E-state index contributed by atoms with van der Waals surface area (Å²) in [6.07, 6.45) is 3.34. The Bertz CT molecular complexity index is 472. The Balaban J connectivity index is 1.95. The fraction of sp³-hybridized carbons (Fsp3) is 0.667. The van der Waals surface area contributed by atoms with Crippen molar-refractivity contribution in [3.05, 3.63) is 20.8 Å². The fourth-order valence-corrected chi connectivity index (χ4v) is 3.91. The molecule has 1 aliphatic rings. The van der Waals surface area contributed by atoms with Crippen molar-refractivity contribution >= 4 is 28.8 Å². The summed E-state index contributed by atoms with van der Waals surface area (Å²) in [4.78, 5) is 13.4. The molecule has 0 aromatic carbocycles. The molecule has 0 saturated carbocycles. The maximum Gasteiger partial charge on any atom is 0.236 e. The lowest BCUT2D eigenvalue weighted by atomic mass is 9.93. The van der Waals surface area contributed by atoms with Gasteiger partial charge in [0.2, 0.25) is 5.91 Å². The van der Waals surface area contributed by atoms with E-state index in [0.717, 1.165) is 30.1 Å². The smallest absolute Gasteiger partial charge is 0.236 e. The summed E-state index contributed by atoms with van der Waals surface area (Å²) in [7, 11) is 0. The quantitative estimate of drug-likeness (QED) is 0.873. The van der Waals surface area contributed by atoms with Crippen LogP contribution in [0.2, 0.25) is 4.34 Å². The third-order valence-corrected chi connectivity index (χ3v) is 4.95. The molecule has 1 aromatic heterocycles. The topological polar surface area (TPSA) is 41.1 Å². The van der Waals surface area contributed by atoms with Gasteiger partial charge in [0.05, 0.1) is 10.4 Å². The van der Waals surface area contributed by atoms with Gasteiger partial charge in [-0.05, 0) is 43.7 Å². The second-order valence-corrected chi connectivity index (χ2v) is 7.67. The molecule has 0 spiro atoms. The number of aryl methyl sites for hydroxylation is 1. The Kier molecular flexibility index (Phi) is 5.47. The van der Waals surface area contributed by atoms with Gasteiger partial charge in [-0.2, -0.15) is 0 Å². The molecule has 2 atom stereocenters. The van der Waals surface area contributed by atoms with Crippen LogP contribution < -0.4 is 10.6 Å². The van der Waals surface area contributed by atoms with Gasteiger partial charge in [0.1, 0.15) is 0 Å². The van der Waals surface area contributed by atoms with Crippen LogP contribution in [-0.2, 0) is 11.2 Å². The van der Waals surface area contributed by atoms with Crippen molar-refractivity contribution in [3.8, 4) is 0 Å². The van der Waals surface area contributed by atoms with Crippen LogP contribution in [-0.4, -0.2) is 18.5 Å². The van der Waals surface area contributed by atoms with Gasteiger partial charge in [0, 0.05) is 17.5 Å². The van der Waals surface area contributed by atoms with E-state index in [1.807, 2.05) is 6.92 Å². The lowest BCUT2D eigenvalue weighted by molar-refractivity contribution is -0.123. The number of fused-ring (bicyclic) bond motifs is 1. The number of amides is 1. The van der Waals surface area contributed by atoms with Gasteiger partial charge >= 0.3 is 0 Å². The van der Waals surface area contributed by atoms with Crippen LogP contribution in [0.4, 0.5) is 0 Å². The summed E-state index contributed by atoms with van der Waals surface area (Å²) in [5, 5.41) is 6.42. The molecule has 1 heterocycles. The Hall–Kier alpha value is -0.580. The lowest BCUT2D eigenvalue weighted by Gasteiger charge is -2.26. The second-order valence-electron chi connectivity index (χ2n) is 5.90. The van der Waals surface area contributed by atoms with Crippen LogP contribution >= 0.6 is 22.9 Å². The van der Waals surface area contributed by atoms with E-state index in [9.17, 15) is 4.79 Å². The van der Waals surface area contributed by atoms with Gasteiger partial charge in [0.15, 0.2) is 0 Å². The van der Waals surface area contributed by atoms with Crippen molar-refractivity contribution in [2.75, 3.05) is 6.54 Å². The molecule has 2 rings (SSSR count). The summed E-state index contributed by atoms with van der Waals surface area (Å²) in [5.41, 5.74) is 1.29. The van der Waals surface area contributed by atoms with Crippen LogP contribution in [0.25, 0.3) is 0 Å². The fourth-order valence-electron chi connectivity index (χ4n) is 2.53. The molecule has 2 N–H and O–H groups in total. The normalized spacial score (nSPS) is 19.8. The van der Waals surface area contributed by atoms with E-state index in [2.05, 4.69) is 30.5 Å². The highest BCUT2D eigenvalue weighted by atomic mass is 35.5. The SMILES string of the molecule is CC(C)CNC(=O)C(C)NC1CCCc2sc(Cl)cc21. The second kappa shape index (κ2) is 6.92. The van der Waals surface area contributed by atoms with Gasteiger partial charge in [-0.15, -0.1) is 11.3 Å². The van der Waals surface area contributed by atoms with E-state index in [1.165, 1.54) is 10.4 Å². The maximum atomic E-state index is 12.0. The summed E-state index contributed by atoms with van der Waals surface area (Å²) < 4.78 is 0.848. The highest BCUT2D eigenvalue weighted by Gasteiger charge is 2.25. The molecule has 0 aliphatic heterocycles. The monoisotopic (exact) mass is 314 g/mol. The van der Waals surface area contributed by atoms with Crippen LogP contribution in [0, 0.1) is 5.92 Å². The lowest BCUT2D eigenvalue weighted by Crippen LogP contribution is -2.45. The summed E-state index contributed by atoms with van der Waals surface area (Å²) >= 11 is 7.78. The van der Waals surface area contributed by atoms with E-state index in [4.69, 9.17) is 11.6 Å². The molecule has 1 aromatic rings. The predicted octanol–water partition coefficient (Wildman–Crippen LogP) is 3.53. The molecule has 5 heteroatoms. The van der Waals surface area contributed by atoms with E-state index in [0.29, 0.717) is 5.92 Å². The Labute approximate surface area is 130 Å². The molecule has 0 bridgehead atoms. The summed E-state index contributed by atoms with van der Waals surface area (Å²) in [5.74, 6) is 0.551. The minimum atomic E-state index is -0.177. The molecule has 112 valence electrons. The summed E-state index contributed by atoms with van der Waals surface area (Å²) in [6, 6.07) is 2.13. The van der Waals surface area contributed by atoms with Crippen LogP contribution in [0.1, 0.15) is 50.1 Å². The van der Waals surface area contributed by atoms with Crippen LogP contribution in [0.5, 0.6) is 0 Å². The molecule has 0 radical (unpaired) electrons. The number of carbonyl (C=O) groups excluding carboxylic acids is 1. The maximum absolute atomic E-state index is 12.0. The Morgan fingerprint density at radius 2 is 2.25 bits per heavy atom. The van der Waals surface area contributed by atoms with E-state index in [1.54, 1.807) is 11.3 Å². The van der Waals surface area contributed by atoms with Crippen molar-refractivity contribution in [1.29, 1.82) is 0 Å². The highest BCUT2D eigenvalue weighted by Crippen LogP contribution is 2.37. The van der Waals surface area contributed by atoms with E-state index < -0.39 is 0 Å². The first-order valence-corrected chi connectivity index (χ1v) is 8.48. The van der Waals surface area contributed by atoms with Crippen molar-refractivity contribution in [2.24, 2.45) is 5.92 Å². The third kappa shape index (κ3) is 3.96. The first-order valence-electron chi connectivity index (χ1n) is 7.29. The zero-order chi connectivity index (χ0) is 14.7. The van der Waals surface area contributed by atoms with E-state index in [-0.39, 0.29) is 18.0 Å². The molecule has 0 fully saturated rings. The van der Waals surface area contributed by atoms with Crippen molar-refractivity contribution in [2.45, 2.75) is 52.1 Å². The number of nitrogens with one attached hydrogen (secondary N) is 2. The predicted molar refractivity (Wildman–Crippen MR) is 85.5 cm³/mol. The minimum Gasteiger partial charge on any atom is -0.354 e. The first kappa shape index (κ1) is 15.8. The van der Waals surface area contributed by atoms with Crippen LogP contribution in [0.15, 0.2) is 6.07 Å². The molecule has 1 aliphatic carbocycles. The number of hydrogen-bond acceptors (Lipinski definition) is 3. The van der Waals surface area contributed by atoms with Gasteiger partial charge in [-0.3, -0.25) is 10.1 Å². The first-order chi connectivity index (χ1) is 9.47. The van der Waals surface area contributed by atoms with Gasteiger partial charge in [-0.1, -0.05) is 25.4 Å². The molecular formula is C15H23ClN2OS. The van der Waals surface area contributed by atoms with Gasteiger partial charge in [0.25, 0.3) is 0 Å². The average molecular weight is 315 g/mol. The number of hydrogen-bond donors (Lipinski definition) is 2. The van der Waals surface area contributed by atoms with Gasteiger partial charge in [-0.25, -0.2) is 0 Å². The molecule has 0 saturated heterocycles. The van der Waals surface area contributed by atoms with Crippen molar-refractivity contribution < 1.29 is 4.79 Å². The van der Waals surface area contributed by atoms with Crippen molar-refractivity contribution in [1.82, 2.24) is 10.6 Å². The van der Waals surface area contributed by atoms with Gasteiger partial charge < -0.3 is 5.32 Å². The van der Waals surface area contributed by atoms with Crippen LogP contribution in [0.3, 0.4) is 0 Å². The molecule has 1 amide bonds. The zero-order valence-electron chi connectivity index (χ0n) is 12.3. The standard InChI is InChI=1S/C15H23ClN2OS/c1-9(2)8-17-15(19)10(3)18-12-5-4-6-13-11(12)7-14(16)20-13/h7,9-10,12,18H,4-6,8H2,1-3H3,(H,17,19). The zero-order valence-corrected chi connectivity index (χ0v) is 13.9. The largest absolute Gasteiger partial charge is 0.354 e. The minimum absolute atomic E-state index is 0.0761.